The molecule has 7 nitrogen and oxygen atoms in total. The van der Waals surface area contributed by atoms with Crippen LogP contribution < -0.4 is 19.5 Å². The maximum atomic E-state index is 12.8. The monoisotopic (exact) mass is 598 g/mol. The zero-order valence-corrected chi connectivity index (χ0v) is 24.3. The van der Waals surface area contributed by atoms with Crippen molar-refractivity contribution in [3.63, 3.8) is 0 Å². The second-order valence-electron chi connectivity index (χ2n) is 10.9. The van der Waals surface area contributed by atoms with E-state index < -0.39 is 23.8 Å². The normalized spacial score (nSPS) is 20.3. The van der Waals surface area contributed by atoms with Crippen molar-refractivity contribution in [2.24, 2.45) is 11.8 Å². The molecule has 0 unspecified atom stereocenters. The third kappa shape index (κ3) is 8.20. The van der Waals surface area contributed by atoms with Gasteiger partial charge >= 0.3 is 12.1 Å². The molecule has 1 saturated carbocycles. The van der Waals surface area contributed by atoms with Gasteiger partial charge in [-0.3, -0.25) is 4.90 Å². The van der Waals surface area contributed by atoms with Gasteiger partial charge in [0.1, 0.15) is 23.9 Å². The molecular weight excluding hydrogens is 561 g/mol. The third-order valence-electron chi connectivity index (χ3n) is 7.94. The molecular formula is C33H37F3N2O5. The molecule has 2 aliphatic rings. The summed E-state index contributed by atoms with van der Waals surface area (Å²) in [6.07, 6.45) is -4.73. The highest BCUT2D eigenvalue weighted by atomic mass is 19.4. The van der Waals surface area contributed by atoms with Gasteiger partial charge in [0.15, 0.2) is 6.10 Å². The topological polar surface area (TPSA) is 69.3 Å². The quantitative estimate of drug-likeness (QED) is 0.198. The number of hydrogen-bond donors (Lipinski definition) is 1. The molecule has 2 fully saturated rings. The predicted octanol–water partition coefficient (Wildman–Crippen LogP) is 5.37. The highest BCUT2D eigenvalue weighted by Gasteiger charge is 2.55. The molecule has 10 heteroatoms. The van der Waals surface area contributed by atoms with Gasteiger partial charge < -0.3 is 24.3 Å². The fourth-order valence-electron chi connectivity index (χ4n) is 5.66. The van der Waals surface area contributed by atoms with Gasteiger partial charge in [-0.2, -0.15) is 13.2 Å². The number of carbonyl (C=O) groups is 1. The molecule has 5 rings (SSSR count). The number of halogens is 3. The first kappa shape index (κ1) is 30.7. The molecule has 43 heavy (non-hydrogen) atoms. The number of nitrogens with one attached hydrogen (secondary N) is 1. The standard InChI is InChI=1S/C33H37F3N2O5/c1-3-41-32(39)30(43-27-14-12-25(40-2)13-15-27)18-22-6-10-26(11-7-22)42-17-16-37-31-28-20-38(21-29(28)31)19-23-4-8-24(9-5-23)33(34,35)36/h4-15,28-31,37H,3,16-21H2,1-2H3/t28-,29+,30-,31+/m0/s1. The van der Waals surface area contributed by atoms with E-state index in [2.05, 4.69) is 10.2 Å². The lowest BCUT2D eigenvalue weighted by molar-refractivity contribution is -0.151. The van der Waals surface area contributed by atoms with Crippen molar-refractivity contribution >= 4 is 5.97 Å². The number of fused-ring (bicyclic) bond motifs is 1. The fourth-order valence-corrected chi connectivity index (χ4v) is 5.66. The zero-order valence-electron chi connectivity index (χ0n) is 24.3. The highest BCUT2D eigenvalue weighted by Crippen LogP contribution is 2.45. The molecule has 0 amide bonds. The number of ether oxygens (including phenoxy) is 4. The summed E-state index contributed by atoms with van der Waals surface area (Å²) in [5.74, 6) is 2.72. The number of likely N-dealkylation sites (tertiary alicyclic amines) is 1. The molecule has 1 heterocycles. The summed E-state index contributed by atoms with van der Waals surface area (Å²) in [5, 5.41) is 3.58. The van der Waals surface area contributed by atoms with Crippen LogP contribution in [0.15, 0.2) is 72.8 Å². The van der Waals surface area contributed by atoms with E-state index in [-0.39, 0.29) is 6.61 Å². The summed E-state index contributed by atoms with van der Waals surface area (Å²) in [4.78, 5) is 14.9. The van der Waals surface area contributed by atoms with Gasteiger partial charge in [0.2, 0.25) is 0 Å². The third-order valence-corrected chi connectivity index (χ3v) is 7.94. The molecule has 0 spiro atoms. The van der Waals surface area contributed by atoms with Gasteiger partial charge in [0, 0.05) is 38.6 Å². The van der Waals surface area contributed by atoms with Crippen LogP contribution in [0.3, 0.4) is 0 Å². The Kier molecular flexibility index (Phi) is 9.77. The lowest BCUT2D eigenvalue weighted by Gasteiger charge is -2.20. The average molecular weight is 599 g/mol. The van der Waals surface area contributed by atoms with Crippen LogP contribution in [0.5, 0.6) is 17.2 Å². The molecule has 1 N–H and O–H groups in total. The molecule has 1 saturated heterocycles. The number of esters is 1. The molecule has 1 aliphatic carbocycles. The summed E-state index contributed by atoms with van der Waals surface area (Å²) in [6.45, 7) is 5.84. The summed E-state index contributed by atoms with van der Waals surface area (Å²) in [6, 6.07) is 20.6. The van der Waals surface area contributed by atoms with E-state index in [1.54, 1.807) is 50.4 Å². The summed E-state index contributed by atoms with van der Waals surface area (Å²) in [5.41, 5.74) is 1.21. The molecule has 230 valence electrons. The highest BCUT2D eigenvalue weighted by molar-refractivity contribution is 5.75. The van der Waals surface area contributed by atoms with Crippen LogP contribution in [-0.4, -0.2) is 63.0 Å². The fraction of sp³-hybridized carbons (Fsp3) is 0.424. The van der Waals surface area contributed by atoms with Crippen LogP contribution in [0.2, 0.25) is 0 Å². The minimum absolute atomic E-state index is 0.269. The minimum Gasteiger partial charge on any atom is -0.497 e. The number of methoxy groups -OCH3 is 1. The first-order valence-electron chi connectivity index (χ1n) is 14.5. The number of alkyl halides is 3. The van der Waals surface area contributed by atoms with Crippen molar-refractivity contribution in [1.82, 2.24) is 10.2 Å². The Hall–Kier alpha value is -3.76. The first-order chi connectivity index (χ1) is 20.7. The number of carbonyl (C=O) groups excluding carboxylic acids is 1. The van der Waals surface area contributed by atoms with Crippen molar-refractivity contribution < 1.29 is 36.9 Å². The summed E-state index contributed by atoms with van der Waals surface area (Å²) in [7, 11) is 1.59. The largest absolute Gasteiger partial charge is 0.497 e. The Morgan fingerprint density at radius 2 is 1.51 bits per heavy atom. The maximum absolute atomic E-state index is 12.8. The second kappa shape index (κ2) is 13.7. The molecule has 0 aromatic heterocycles. The van der Waals surface area contributed by atoms with E-state index in [1.165, 1.54) is 0 Å². The van der Waals surface area contributed by atoms with Gasteiger partial charge in [-0.05, 0) is 78.4 Å². The van der Waals surface area contributed by atoms with E-state index in [1.807, 2.05) is 24.3 Å². The number of hydrogen-bond acceptors (Lipinski definition) is 7. The smallest absolute Gasteiger partial charge is 0.416 e. The van der Waals surface area contributed by atoms with Crippen LogP contribution in [0.4, 0.5) is 13.2 Å². The minimum atomic E-state index is -4.30. The van der Waals surface area contributed by atoms with Crippen LogP contribution in [-0.2, 0) is 28.7 Å². The van der Waals surface area contributed by atoms with E-state index in [0.29, 0.717) is 48.9 Å². The Balaban J connectivity index is 1.01. The van der Waals surface area contributed by atoms with E-state index in [0.717, 1.165) is 48.6 Å². The van der Waals surface area contributed by atoms with Gasteiger partial charge in [-0.1, -0.05) is 24.3 Å². The van der Waals surface area contributed by atoms with Crippen LogP contribution in [0.25, 0.3) is 0 Å². The Labute approximate surface area is 249 Å². The van der Waals surface area contributed by atoms with Crippen molar-refractivity contribution in [2.75, 3.05) is 40.0 Å². The van der Waals surface area contributed by atoms with Crippen molar-refractivity contribution in [1.29, 1.82) is 0 Å². The molecule has 1 aliphatic heterocycles. The lowest BCUT2D eigenvalue weighted by Crippen LogP contribution is -2.33. The second-order valence-corrected chi connectivity index (χ2v) is 10.9. The molecule has 0 bridgehead atoms. The predicted molar refractivity (Wildman–Crippen MR) is 155 cm³/mol. The Morgan fingerprint density at radius 3 is 2.12 bits per heavy atom. The van der Waals surface area contributed by atoms with E-state index in [9.17, 15) is 18.0 Å². The molecule has 3 aromatic carbocycles. The summed E-state index contributed by atoms with van der Waals surface area (Å²) < 4.78 is 60.6. The first-order valence-corrected chi connectivity index (χ1v) is 14.5. The molecule has 4 atom stereocenters. The van der Waals surface area contributed by atoms with Crippen molar-refractivity contribution in [3.05, 3.63) is 89.5 Å². The van der Waals surface area contributed by atoms with Crippen molar-refractivity contribution in [3.8, 4) is 17.2 Å². The van der Waals surface area contributed by atoms with Crippen LogP contribution in [0, 0.1) is 11.8 Å². The van der Waals surface area contributed by atoms with Gasteiger partial charge in [0.25, 0.3) is 0 Å². The van der Waals surface area contributed by atoms with Gasteiger partial charge in [-0.15, -0.1) is 0 Å². The van der Waals surface area contributed by atoms with Crippen molar-refractivity contribution in [2.45, 2.75) is 38.2 Å². The number of nitrogens with zero attached hydrogens (tertiary/aromatic N) is 1. The van der Waals surface area contributed by atoms with Crippen LogP contribution >= 0.6 is 0 Å². The number of rotatable bonds is 14. The van der Waals surface area contributed by atoms with E-state index in [4.69, 9.17) is 18.9 Å². The number of piperidine rings is 1. The average Bonchev–Trinajstić information content (AvgIpc) is 3.45. The Morgan fingerprint density at radius 1 is 0.907 bits per heavy atom. The SMILES string of the molecule is CCOC(=O)[C@H](Cc1ccc(OCCN[C@H]2[C@@H]3CN(Cc4ccc(C(F)(F)F)cc4)C[C@@H]32)cc1)Oc1ccc(OC)cc1. The molecule has 3 aromatic rings. The maximum Gasteiger partial charge on any atom is 0.416 e. The van der Waals surface area contributed by atoms with Crippen LogP contribution in [0.1, 0.15) is 23.6 Å². The number of benzene rings is 3. The Bertz CT molecular complexity index is 1320. The van der Waals surface area contributed by atoms with Gasteiger partial charge in [0.05, 0.1) is 19.3 Å². The zero-order chi connectivity index (χ0) is 30.4. The van der Waals surface area contributed by atoms with Gasteiger partial charge in [-0.25, -0.2) is 4.79 Å². The van der Waals surface area contributed by atoms with E-state index >= 15 is 0 Å². The summed E-state index contributed by atoms with van der Waals surface area (Å²) >= 11 is 0. The molecule has 0 radical (unpaired) electrons. The lowest BCUT2D eigenvalue weighted by atomic mass is 10.1.